The lowest BCUT2D eigenvalue weighted by Gasteiger charge is -2.39. The van der Waals surface area contributed by atoms with E-state index in [4.69, 9.17) is 4.74 Å². The molecule has 2 aromatic carbocycles. The van der Waals surface area contributed by atoms with Gasteiger partial charge >= 0.3 is 12.1 Å². The molecule has 1 atom stereocenters. The summed E-state index contributed by atoms with van der Waals surface area (Å²) in [5, 5.41) is 10.0. The van der Waals surface area contributed by atoms with Gasteiger partial charge in [0.05, 0.1) is 0 Å². The average molecular weight is 408 g/mol. The molecular weight excluding hydrogens is 378 g/mol. The van der Waals surface area contributed by atoms with Crippen molar-refractivity contribution in [2.45, 2.75) is 63.5 Å². The van der Waals surface area contributed by atoms with Crippen LogP contribution in [0.1, 0.15) is 63.0 Å². The third kappa shape index (κ3) is 3.36. The van der Waals surface area contributed by atoms with Gasteiger partial charge in [0, 0.05) is 12.0 Å². The zero-order valence-corrected chi connectivity index (χ0v) is 17.6. The van der Waals surface area contributed by atoms with Gasteiger partial charge in [0.1, 0.15) is 12.1 Å². The Kier molecular flexibility index (Phi) is 5.54. The third-order valence-corrected chi connectivity index (χ3v) is 6.55. The zero-order chi connectivity index (χ0) is 21.3. The van der Waals surface area contributed by atoms with Crippen LogP contribution in [0.2, 0.25) is 0 Å². The molecule has 30 heavy (non-hydrogen) atoms. The number of carbonyl (C=O) groups excluding carboxylic acids is 1. The van der Waals surface area contributed by atoms with Gasteiger partial charge in [0.25, 0.3) is 0 Å². The molecule has 1 fully saturated rings. The number of benzene rings is 2. The monoisotopic (exact) mass is 407 g/mol. The maximum Gasteiger partial charge on any atom is 0.411 e. The molecule has 2 aliphatic rings. The highest BCUT2D eigenvalue weighted by atomic mass is 16.6. The summed E-state index contributed by atoms with van der Waals surface area (Å²) < 4.78 is 5.83. The summed E-state index contributed by atoms with van der Waals surface area (Å²) in [6, 6.07) is 16.4. The highest BCUT2D eigenvalue weighted by Crippen LogP contribution is 2.45. The Hall–Kier alpha value is -2.82. The molecule has 0 bridgehead atoms. The molecule has 1 N–H and O–H groups in total. The molecule has 1 amide bonds. The Morgan fingerprint density at radius 2 is 1.60 bits per heavy atom. The SMILES string of the molecule is CCCC(CC)(C(=O)O)N(C(=O)OCC1c2ccccc2-c2ccccc21)C1CC1. The maximum atomic E-state index is 13.2. The highest BCUT2D eigenvalue weighted by Gasteiger charge is 2.51. The Morgan fingerprint density at radius 3 is 2.07 bits per heavy atom. The Bertz CT molecular complexity index is 906. The van der Waals surface area contributed by atoms with Crippen molar-refractivity contribution < 1.29 is 19.4 Å². The average Bonchev–Trinajstić information content (AvgIpc) is 3.53. The summed E-state index contributed by atoms with van der Waals surface area (Å²) in [5.74, 6) is -0.971. The van der Waals surface area contributed by atoms with E-state index >= 15 is 0 Å². The lowest BCUT2D eigenvalue weighted by Crippen LogP contribution is -2.58. The summed E-state index contributed by atoms with van der Waals surface area (Å²) >= 11 is 0. The maximum absolute atomic E-state index is 13.2. The summed E-state index contributed by atoms with van der Waals surface area (Å²) in [6.07, 6.45) is 2.67. The number of rotatable bonds is 8. The third-order valence-electron chi connectivity index (χ3n) is 6.55. The normalized spacial score (nSPS) is 17.0. The van der Waals surface area contributed by atoms with E-state index in [-0.39, 0.29) is 18.6 Å². The number of carboxylic acids is 1. The molecule has 0 radical (unpaired) electrons. The van der Waals surface area contributed by atoms with Crippen LogP contribution in [0.5, 0.6) is 0 Å². The molecular formula is C25H29NO4. The van der Waals surface area contributed by atoms with Gasteiger partial charge in [-0.1, -0.05) is 68.8 Å². The molecule has 5 heteroatoms. The van der Waals surface area contributed by atoms with Gasteiger partial charge in [0.15, 0.2) is 0 Å². The fourth-order valence-electron chi connectivity index (χ4n) is 4.91. The molecule has 0 heterocycles. The van der Waals surface area contributed by atoms with Crippen LogP contribution in [0.3, 0.4) is 0 Å². The number of amides is 1. The minimum absolute atomic E-state index is 0.0329. The first kappa shape index (κ1) is 20.5. The Balaban J connectivity index is 1.58. The van der Waals surface area contributed by atoms with Gasteiger partial charge in [0.2, 0.25) is 0 Å². The number of hydrogen-bond donors (Lipinski definition) is 1. The van der Waals surface area contributed by atoms with E-state index < -0.39 is 17.6 Å². The molecule has 0 aromatic heterocycles. The second-order valence-electron chi connectivity index (χ2n) is 8.35. The largest absolute Gasteiger partial charge is 0.479 e. The van der Waals surface area contributed by atoms with Crippen molar-refractivity contribution in [3.05, 3.63) is 59.7 Å². The van der Waals surface area contributed by atoms with Crippen molar-refractivity contribution in [2.75, 3.05) is 6.61 Å². The molecule has 1 unspecified atom stereocenters. The van der Waals surface area contributed by atoms with E-state index in [9.17, 15) is 14.7 Å². The van der Waals surface area contributed by atoms with Crippen molar-refractivity contribution in [2.24, 2.45) is 0 Å². The molecule has 2 aliphatic carbocycles. The van der Waals surface area contributed by atoms with Crippen molar-refractivity contribution in [1.29, 1.82) is 0 Å². The Morgan fingerprint density at radius 1 is 1.03 bits per heavy atom. The molecule has 4 rings (SSSR count). The zero-order valence-electron chi connectivity index (χ0n) is 17.6. The summed E-state index contributed by atoms with van der Waals surface area (Å²) in [4.78, 5) is 27.0. The topological polar surface area (TPSA) is 66.8 Å². The van der Waals surface area contributed by atoms with Crippen LogP contribution >= 0.6 is 0 Å². The quantitative estimate of drug-likeness (QED) is 0.633. The number of fused-ring (bicyclic) bond motifs is 3. The molecule has 158 valence electrons. The van der Waals surface area contributed by atoms with Crippen molar-refractivity contribution in [1.82, 2.24) is 4.90 Å². The predicted molar refractivity (Wildman–Crippen MR) is 115 cm³/mol. The van der Waals surface area contributed by atoms with Crippen molar-refractivity contribution >= 4 is 12.1 Å². The first-order valence-corrected chi connectivity index (χ1v) is 10.9. The number of hydrogen-bond acceptors (Lipinski definition) is 3. The summed E-state index contributed by atoms with van der Waals surface area (Å²) in [7, 11) is 0. The Labute approximate surface area is 177 Å². The van der Waals surface area contributed by atoms with Gasteiger partial charge in [-0.05, 0) is 47.9 Å². The minimum atomic E-state index is -1.20. The lowest BCUT2D eigenvalue weighted by molar-refractivity contribution is -0.152. The van der Waals surface area contributed by atoms with E-state index in [0.29, 0.717) is 19.3 Å². The van der Waals surface area contributed by atoms with Crippen LogP contribution in [0, 0.1) is 0 Å². The smallest absolute Gasteiger partial charge is 0.411 e. The standard InChI is InChI=1S/C25H29NO4/c1-3-15-25(4-2,23(27)28)26(17-13-14-17)24(29)30-16-22-20-11-7-5-9-18(20)19-10-6-8-12-21(19)22/h5-12,17,22H,3-4,13-16H2,1-2H3,(H,27,28). The van der Waals surface area contributed by atoms with Crippen LogP contribution in [0.25, 0.3) is 11.1 Å². The number of carboxylic acid groups (broad SMARTS) is 1. The van der Waals surface area contributed by atoms with E-state index in [0.717, 1.165) is 24.0 Å². The fraction of sp³-hybridized carbons (Fsp3) is 0.440. The predicted octanol–water partition coefficient (Wildman–Crippen LogP) is 5.43. The molecule has 1 saturated carbocycles. The van der Waals surface area contributed by atoms with Crippen molar-refractivity contribution in [3.8, 4) is 11.1 Å². The van der Waals surface area contributed by atoms with Gasteiger partial charge < -0.3 is 9.84 Å². The number of carbonyl (C=O) groups is 2. The van der Waals surface area contributed by atoms with Gasteiger partial charge in [-0.15, -0.1) is 0 Å². The van der Waals surface area contributed by atoms with Crippen LogP contribution in [-0.2, 0) is 9.53 Å². The molecule has 0 aliphatic heterocycles. The lowest BCUT2D eigenvalue weighted by atomic mass is 9.88. The van der Waals surface area contributed by atoms with E-state index in [2.05, 4.69) is 24.3 Å². The van der Waals surface area contributed by atoms with Gasteiger partial charge in [-0.3, -0.25) is 4.90 Å². The van der Waals surface area contributed by atoms with Gasteiger partial charge in [-0.2, -0.15) is 0 Å². The molecule has 0 spiro atoms. The van der Waals surface area contributed by atoms with E-state index in [1.54, 1.807) is 0 Å². The summed E-state index contributed by atoms with van der Waals surface area (Å²) in [5.41, 5.74) is 3.45. The van der Waals surface area contributed by atoms with Gasteiger partial charge in [-0.25, -0.2) is 9.59 Å². The number of aliphatic carboxylic acids is 1. The second kappa shape index (κ2) is 8.13. The first-order chi connectivity index (χ1) is 14.5. The van der Waals surface area contributed by atoms with E-state index in [1.165, 1.54) is 16.0 Å². The highest BCUT2D eigenvalue weighted by molar-refractivity contribution is 5.85. The van der Waals surface area contributed by atoms with E-state index in [1.807, 2.05) is 38.1 Å². The van der Waals surface area contributed by atoms with Crippen LogP contribution < -0.4 is 0 Å². The number of ether oxygens (including phenoxy) is 1. The van der Waals surface area contributed by atoms with Crippen LogP contribution in [-0.4, -0.2) is 40.3 Å². The van der Waals surface area contributed by atoms with Crippen molar-refractivity contribution in [3.63, 3.8) is 0 Å². The second-order valence-corrected chi connectivity index (χ2v) is 8.35. The van der Waals surface area contributed by atoms with Crippen LogP contribution in [0.4, 0.5) is 4.79 Å². The molecule has 0 saturated heterocycles. The molecule has 5 nitrogen and oxygen atoms in total. The minimum Gasteiger partial charge on any atom is -0.479 e. The number of nitrogens with zero attached hydrogens (tertiary/aromatic N) is 1. The summed E-state index contributed by atoms with van der Waals surface area (Å²) in [6.45, 7) is 4.01. The molecule has 2 aromatic rings. The fourth-order valence-corrected chi connectivity index (χ4v) is 4.91. The first-order valence-electron chi connectivity index (χ1n) is 10.9. The van der Waals surface area contributed by atoms with Crippen LogP contribution in [0.15, 0.2) is 48.5 Å².